The van der Waals surface area contributed by atoms with Crippen molar-refractivity contribution in [3.8, 4) is 0 Å². The molecule has 0 unspecified atom stereocenters. The van der Waals surface area contributed by atoms with Gasteiger partial charge in [0, 0.05) is 36.9 Å². The van der Waals surface area contributed by atoms with Gasteiger partial charge < -0.3 is 15.0 Å². The van der Waals surface area contributed by atoms with Crippen LogP contribution in [0, 0.1) is 13.8 Å². The molecule has 0 bridgehead atoms. The van der Waals surface area contributed by atoms with E-state index in [2.05, 4.69) is 42.8 Å². The van der Waals surface area contributed by atoms with Crippen LogP contribution in [0.15, 0.2) is 0 Å². The lowest BCUT2D eigenvalue weighted by Crippen LogP contribution is -2.59. The van der Waals surface area contributed by atoms with Crippen LogP contribution in [-0.2, 0) is 16.8 Å². The summed E-state index contributed by atoms with van der Waals surface area (Å²) >= 11 is 0. The summed E-state index contributed by atoms with van der Waals surface area (Å²) in [6, 6.07) is 0.334. The number of aryl methyl sites for hydroxylation is 1. The predicted octanol–water partition coefficient (Wildman–Crippen LogP) is 1.80. The van der Waals surface area contributed by atoms with Crippen molar-refractivity contribution in [2.24, 2.45) is 0 Å². The van der Waals surface area contributed by atoms with Gasteiger partial charge in [-0.05, 0) is 34.6 Å². The number of ether oxygens (including phenoxy) is 1. The first-order chi connectivity index (χ1) is 9.74. The van der Waals surface area contributed by atoms with E-state index in [-0.39, 0.29) is 11.6 Å². The number of carbonyl (C=O) groups excluding carboxylic acids is 1. The first kappa shape index (κ1) is 15.8. The first-order valence-electron chi connectivity index (χ1n) is 7.36. The Bertz CT molecular complexity index is 525. The quantitative estimate of drug-likeness (QED) is 0.923. The van der Waals surface area contributed by atoms with Gasteiger partial charge in [0.15, 0.2) is 0 Å². The highest BCUT2D eigenvalue weighted by Crippen LogP contribution is 2.21. The molecule has 1 amide bonds. The maximum Gasteiger partial charge on any atom is 0.409 e. The molecule has 1 fully saturated rings. The molecule has 0 aliphatic carbocycles. The molecule has 0 saturated carbocycles. The van der Waals surface area contributed by atoms with E-state index in [0.717, 1.165) is 12.2 Å². The van der Waals surface area contributed by atoms with Crippen LogP contribution in [-0.4, -0.2) is 47.0 Å². The van der Waals surface area contributed by atoms with Crippen molar-refractivity contribution in [3.05, 3.63) is 17.0 Å². The van der Waals surface area contributed by atoms with Crippen molar-refractivity contribution in [2.75, 3.05) is 20.2 Å². The number of hydrogen-bond acceptors (Lipinski definition) is 4. The number of nitrogens with zero attached hydrogens (tertiary/aromatic N) is 3. The van der Waals surface area contributed by atoms with Gasteiger partial charge >= 0.3 is 6.09 Å². The second kappa shape index (κ2) is 5.67. The van der Waals surface area contributed by atoms with Crippen LogP contribution in [0.1, 0.15) is 37.7 Å². The average molecular weight is 294 g/mol. The second-order valence-corrected chi connectivity index (χ2v) is 6.68. The predicted molar refractivity (Wildman–Crippen MR) is 81.3 cm³/mol. The van der Waals surface area contributed by atoms with Crippen LogP contribution in [0.2, 0.25) is 0 Å². The first-order valence-corrected chi connectivity index (χ1v) is 7.36. The molecule has 118 valence electrons. The SMILES string of the molecule is COC(=O)N1CC(NCc2c(C)nn(C(C)(C)C)c2C)C1. The van der Waals surface area contributed by atoms with Gasteiger partial charge in [0.25, 0.3) is 0 Å². The molecule has 1 aliphatic rings. The van der Waals surface area contributed by atoms with E-state index in [9.17, 15) is 4.79 Å². The number of rotatable bonds is 3. The molecule has 6 nitrogen and oxygen atoms in total. The number of likely N-dealkylation sites (tertiary alicyclic amines) is 1. The van der Waals surface area contributed by atoms with E-state index in [1.165, 1.54) is 18.4 Å². The molecule has 2 rings (SSSR count). The van der Waals surface area contributed by atoms with Gasteiger partial charge in [-0.25, -0.2) is 4.79 Å². The van der Waals surface area contributed by atoms with Gasteiger partial charge in [-0.1, -0.05) is 0 Å². The monoisotopic (exact) mass is 294 g/mol. The zero-order valence-electron chi connectivity index (χ0n) is 13.9. The van der Waals surface area contributed by atoms with Crippen molar-refractivity contribution in [3.63, 3.8) is 0 Å². The Balaban J connectivity index is 1.94. The molecule has 1 saturated heterocycles. The number of amides is 1. The van der Waals surface area contributed by atoms with Crippen molar-refractivity contribution < 1.29 is 9.53 Å². The Labute approximate surface area is 126 Å². The summed E-state index contributed by atoms with van der Waals surface area (Å²) in [6.07, 6.45) is -0.249. The number of carbonyl (C=O) groups is 1. The van der Waals surface area contributed by atoms with E-state index < -0.39 is 0 Å². The lowest BCUT2D eigenvalue weighted by molar-refractivity contribution is 0.0799. The van der Waals surface area contributed by atoms with Gasteiger partial charge in [-0.2, -0.15) is 5.10 Å². The average Bonchev–Trinajstić information content (AvgIpc) is 2.63. The smallest absolute Gasteiger partial charge is 0.409 e. The third kappa shape index (κ3) is 3.20. The molecule has 0 atom stereocenters. The van der Waals surface area contributed by atoms with Gasteiger partial charge in [-0.3, -0.25) is 4.68 Å². The van der Waals surface area contributed by atoms with E-state index >= 15 is 0 Å². The zero-order valence-corrected chi connectivity index (χ0v) is 13.9. The molecule has 0 radical (unpaired) electrons. The van der Waals surface area contributed by atoms with E-state index in [1.807, 2.05) is 6.92 Å². The topological polar surface area (TPSA) is 59.4 Å². The third-order valence-corrected chi connectivity index (χ3v) is 3.96. The fraction of sp³-hybridized carbons (Fsp3) is 0.733. The number of hydrogen-bond donors (Lipinski definition) is 1. The fourth-order valence-electron chi connectivity index (χ4n) is 2.72. The van der Waals surface area contributed by atoms with E-state index in [0.29, 0.717) is 19.1 Å². The molecule has 1 aliphatic heterocycles. The summed E-state index contributed by atoms with van der Waals surface area (Å²) in [5, 5.41) is 8.14. The molecule has 1 aromatic heterocycles. The fourth-order valence-corrected chi connectivity index (χ4v) is 2.72. The van der Waals surface area contributed by atoms with E-state index in [4.69, 9.17) is 4.74 Å². The number of aromatic nitrogens is 2. The Kier molecular flexibility index (Phi) is 4.27. The number of methoxy groups -OCH3 is 1. The van der Waals surface area contributed by atoms with Crippen molar-refractivity contribution >= 4 is 6.09 Å². The van der Waals surface area contributed by atoms with Crippen LogP contribution in [0.3, 0.4) is 0 Å². The minimum absolute atomic E-state index is 0.00868. The molecule has 6 heteroatoms. The van der Waals surface area contributed by atoms with Crippen LogP contribution in [0.5, 0.6) is 0 Å². The van der Waals surface area contributed by atoms with Crippen molar-refractivity contribution in [1.82, 2.24) is 20.0 Å². The second-order valence-electron chi connectivity index (χ2n) is 6.68. The summed E-state index contributed by atoms with van der Waals surface area (Å²) in [6.45, 7) is 12.8. The molecule has 1 N–H and O–H groups in total. The summed E-state index contributed by atoms with van der Waals surface area (Å²) < 4.78 is 6.77. The molecule has 0 spiro atoms. The molecular weight excluding hydrogens is 268 g/mol. The zero-order chi connectivity index (χ0) is 15.8. The number of nitrogens with one attached hydrogen (secondary N) is 1. The summed E-state index contributed by atoms with van der Waals surface area (Å²) in [4.78, 5) is 13.0. The molecule has 0 aromatic carbocycles. The normalized spacial score (nSPS) is 16.0. The Morgan fingerprint density at radius 2 is 2.00 bits per heavy atom. The summed E-state index contributed by atoms with van der Waals surface area (Å²) in [5.41, 5.74) is 3.52. The molecule has 2 heterocycles. The summed E-state index contributed by atoms with van der Waals surface area (Å²) in [7, 11) is 1.41. The van der Waals surface area contributed by atoms with Gasteiger partial charge in [0.1, 0.15) is 0 Å². The maximum atomic E-state index is 11.3. The molecular formula is C15H26N4O2. The van der Waals surface area contributed by atoms with Crippen LogP contribution in [0.25, 0.3) is 0 Å². The lowest BCUT2D eigenvalue weighted by atomic mass is 10.1. The van der Waals surface area contributed by atoms with Gasteiger partial charge in [-0.15, -0.1) is 0 Å². The molecule has 1 aromatic rings. The van der Waals surface area contributed by atoms with Crippen molar-refractivity contribution in [2.45, 2.75) is 52.7 Å². The Morgan fingerprint density at radius 1 is 1.38 bits per heavy atom. The highest BCUT2D eigenvalue weighted by atomic mass is 16.5. The largest absolute Gasteiger partial charge is 0.453 e. The Hall–Kier alpha value is -1.56. The highest BCUT2D eigenvalue weighted by molar-refractivity contribution is 5.68. The minimum atomic E-state index is -0.249. The Morgan fingerprint density at radius 3 is 2.48 bits per heavy atom. The van der Waals surface area contributed by atoms with E-state index in [1.54, 1.807) is 4.90 Å². The van der Waals surface area contributed by atoms with Crippen LogP contribution >= 0.6 is 0 Å². The molecule has 21 heavy (non-hydrogen) atoms. The van der Waals surface area contributed by atoms with Gasteiger partial charge in [0.2, 0.25) is 0 Å². The summed E-state index contributed by atoms with van der Waals surface area (Å²) in [5.74, 6) is 0. The standard InChI is InChI=1S/C15H26N4O2/c1-10-13(11(2)19(17-10)15(3,4)5)7-16-12-8-18(9-12)14(20)21-6/h12,16H,7-9H2,1-6H3. The van der Waals surface area contributed by atoms with Crippen LogP contribution in [0.4, 0.5) is 4.79 Å². The van der Waals surface area contributed by atoms with Crippen LogP contribution < -0.4 is 5.32 Å². The highest BCUT2D eigenvalue weighted by Gasteiger charge is 2.31. The maximum absolute atomic E-state index is 11.3. The lowest BCUT2D eigenvalue weighted by Gasteiger charge is -2.38. The van der Waals surface area contributed by atoms with Crippen molar-refractivity contribution in [1.29, 1.82) is 0 Å². The third-order valence-electron chi connectivity index (χ3n) is 3.96. The van der Waals surface area contributed by atoms with Gasteiger partial charge in [0.05, 0.1) is 18.3 Å². The minimum Gasteiger partial charge on any atom is -0.453 e.